The molecule has 0 heterocycles. The number of aryl methyl sites for hydroxylation is 1. The summed E-state index contributed by atoms with van der Waals surface area (Å²) in [4.78, 5) is 0. The van der Waals surface area contributed by atoms with Crippen LogP contribution in [0.3, 0.4) is 0 Å². The third-order valence-electron chi connectivity index (χ3n) is 2.92. The molecule has 1 aliphatic carbocycles. The van der Waals surface area contributed by atoms with Gasteiger partial charge in [0.25, 0.3) is 0 Å². The van der Waals surface area contributed by atoms with Crippen molar-refractivity contribution in [2.45, 2.75) is 32.2 Å². The van der Waals surface area contributed by atoms with Crippen LogP contribution in [0.15, 0.2) is 30.4 Å². The molecule has 0 bridgehead atoms. The van der Waals surface area contributed by atoms with Gasteiger partial charge in [-0.1, -0.05) is 18.2 Å². The molecule has 0 spiro atoms. The third kappa shape index (κ3) is 2.43. The fourth-order valence-electron chi connectivity index (χ4n) is 2.02. The molecule has 1 atom stereocenters. The Morgan fingerprint density at radius 1 is 1.38 bits per heavy atom. The summed E-state index contributed by atoms with van der Waals surface area (Å²) in [6.45, 7) is 2.01. The molecule has 1 aromatic carbocycles. The van der Waals surface area contributed by atoms with Crippen LogP contribution in [-0.2, 0) is 0 Å². The van der Waals surface area contributed by atoms with Crippen molar-refractivity contribution in [3.05, 3.63) is 41.5 Å². The second-order valence-electron chi connectivity index (χ2n) is 4.29. The second kappa shape index (κ2) is 4.85. The first-order valence-electron chi connectivity index (χ1n) is 5.72. The molecule has 2 heteroatoms. The number of allylic oxidation sites excluding steroid dienone is 1. The number of rotatable bonds is 2. The Bertz CT molecular complexity index is 441. The fraction of sp³-hybridized carbons (Fsp3) is 0.357. The Hall–Kier alpha value is -1.75. The van der Waals surface area contributed by atoms with E-state index in [1.807, 2.05) is 25.1 Å². The van der Waals surface area contributed by atoms with Gasteiger partial charge in [-0.25, -0.2) is 0 Å². The van der Waals surface area contributed by atoms with Gasteiger partial charge in [0, 0.05) is 6.04 Å². The topological polar surface area (TPSA) is 35.8 Å². The summed E-state index contributed by atoms with van der Waals surface area (Å²) in [5, 5.41) is 12.5. The van der Waals surface area contributed by atoms with Crippen molar-refractivity contribution < 1.29 is 0 Å². The van der Waals surface area contributed by atoms with E-state index in [0.29, 0.717) is 6.04 Å². The van der Waals surface area contributed by atoms with Gasteiger partial charge in [0.1, 0.15) is 6.07 Å². The van der Waals surface area contributed by atoms with Crippen molar-refractivity contribution in [1.82, 2.24) is 0 Å². The lowest BCUT2D eigenvalue weighted by Crippen LogP contribution is -2.20. The van der Waals surface area contributed by atoms with Gasteiger partial charge in [-0.3, -0.25) is 0 Å². The van der Waals surface area contributed by atoms with Crippen LogP contribution in [0.25, 0.3) is 0 Å². The van der Waals surface area contributed by atoms with E-state index in [1.165, 1.54) is 0 Å². The lowest BCUT2D eigenvalue weighted by Gasteiger charge is -2.21. The Kier molecular flexibility index (Phi) is 3.26. The number of hydrogen-bond acceptors (Lipinski definition) is 2. The lowest BCUT2D eigenvalue weighted by atomic mass is 10.0. The van der Waals surface area contributed by atoms with E-state index < -0.39 is 0 Å². The number of benzene rings is 1. The van der Waals surface area contributed by atoms with Crippen molar-refractivity contribution >= 4 is 5.69 Å². The number of nitrogens with zero attached hydrogens (tertiary/aromatic N) is 1. The zero-order chi connectivity index (χ0) is 11.4. The highest BCUT2D eigenvalue weighted by Gasteiger charge is 2.11. The van der Waals surface area contributed by atoms with Crippen molar-refractivity contribution in [1.29, 1.82) is 5.26 Å². The molecule has 16 heavy (non-hydrogen) atoms. The molecular weight excluding hydrogens is 196 g/mol. The SMILES string of the molecule is Cc1ccc(NC2CC=CCC2)c(C#N)c1. The summed E-state index contributed by atoms with van der Waals surface area (Å²) < 4.78 is 0. The molecule has 1 unspecified atom stereocenters. The predicted octanol–water partition coefficient (Wildman–Crippen LogP) is 3.39. The van der Waals surface area contributed by atoms with E-state index in [1.54, 1.807) is 0 Å². The second-order valence-corrected chi connectivity index (χ2v) is 4.29. The van der Waals surface area contributed by atoms with E-state index in [4.69, 9.17) is 5.26 Å². The van der Waals surface area contributed by atoms with Crippen LogP contribution in [0.5, 0.6) is 0 Å². The van der Waals surface area contributed by atoms with Crippen molar-refractivity contribution in [2.75, 3.05) is 5.32 Å². The number of anilines is 1. The molecule has 2 nitrogen and oxygen atoms in total. The zero-order valence-corrected chi connectivity index (χ0v) is 9.53. The minimum absolute atomic E-state index is 0.472. The Morgan fingerprint density at radius 3 is 2.94 bits per heavy atom. The van der Waals surface area contributed by atoms with Crippen LogP contribution in [0.4, 0.5) is 5.69 Å². The Labute approximate surface area is 96.6 Å². The maximum Gasteiger partial charge on any atom is 0.101 e. The molecule has 0 saturated carbocycles. The average Bonchev–Trinajstić information content (AvgIpc) is 2.33. The molecule has 0 saturated heterocycles. The molecule has 1 aromatic rings. The van der Waals surface area contributed by atoms with E-state index in [0.717, 1.165) is 36.1 Å². The number of nitrogens with one attached hydrogen (secondary N) is 1. The smallest absolute Gasteiger partial charge is 0.101 e. The molecule has 82 valence electrons. The van der Waals surface area contributed by atoms with Crippen LogP contribution >= 0.6 is 0 Å². The normalized spacial score (nSPS) is 19.1. The van der Waals surface area contributed by atoms with Gasteiger partial charge in [0.05, 0.1) is 11.3 Å². The van der Waals surface area contributed by atoms with Gasteiger partial charge < -0.3 is 5.32 Å². The fourth-order valence-corrected chi connectivity index (χ4v) is 2.02. The quantitative estimate of drug-likeness (QED) is 0.763. The van der Waals surface area contributed by atoms with Gasteiger partial charge in [0.15, 0.2) is 0 Å². The van der Waals surface area contributed by atoms with Crippen molar-refractivity contribution in [3.8, 4) is 6.07 Å². The zero-order valence-electron chi connectivity index (χ0n) is 9.53. The lowest BCUT2D eigenvalue weighted by molar-refractivity contribution is 0.644. The minimum Gasteiger partial charge on any atom is -0.381 e. The molecule has 0 radical (unpaired) electrons. The van der Waals surface area contributed by atoms with Gasteiger partial charge >= 0.3 is 0 Å². The maximum absolute atomic E-state index is 9.07. The van der Waals surface area contributed by atoms with Crippen LogP contribution < -0.4 is 5.32 Å². The molecular formula is C14H16N2. The molecule has 0 aromatic heterocycles. The van der Waals surface area contributed by atoms with Gasteiger partial charge in [-0.2, -0.15) is 5.26 Å². The molecule has 0 aliphatic heterocycles. The van der Waals surface area contributed by atoms with E-state index in [2.05, 4.69) is 23.5 Å². The van der Waals surface area contributed by atoms with Gasteiger partial charge in [0.2, 0.25) is 0 Å². The molecule has 0 fully saturated rings. The first-order chi connectivity index (χ1) is 7.79. The number of hydrogen-bond donors (Lipinski definition) is 1. The van der Waals surface area contributed by atoms with Crippen LogP contribution in [0, 0.1) is 18.3 Å². The van der Waals surface area contributed by atoms with E-state index in [-0.39, 0.29) is 0 Å². The minimum atomic E-state index is 0.472. The molecule has 1 aliphatic rings. The van der Waals surface area contributed by atoms with Gasteiger partial charge in [-0.15, -0.1) is 0 Å². The first-order valence-corrected chi connectivity index (χ1v) is 5.72. The first kappa shape index (κ1) is 10.8. The summed E-state index contributed by atoms with van der Waals surface area (Å²) in [5.41, 5.74) is 2.84. The molecule has 1 N–H and O–H groups in total. The van der Waals surface area contributed by atoms with Crippen molar-refractivity contribution in [3.63, 3.8) is 0 Å². The summed E-state index contributed by atoms with van der Waals surface area (Å²) >= 11 is 0. The summed E-state index contributed by atoms with van der Waals surface area (Å²) in [5.74, 6) is 0. The van der Waals surface area contributed by atoms with Gasteiger partial charge in [-0.05, 0) is 43.9 Å². The van der Waals surface area contributed by atoms with Crippen molar-refractivity contribution in [2.24, 2.45) is 0 Å². The Balaban J connectivity index is 2.15. The Morgan fingerprint density at radius 2 is 2.25 bits per heavy atom. The molecule has 0 amide bonds. The largest absolute Gasteiger partial charge is 0.381 e. The maximum atomic E-state index is 9.07. The van der Waals surface area contributed by atoms with Crippen LogP contribution in [0.1, 0.15) is 30.4 Å². The average molecular weight is 212 g/mol. The summed E-state index contributed by atoms with van der Waals surface area (Å²) in [6.07, 6.45) is 7.76. The highest BCUT2D eigenvalue weighted by Crippen LogP contribution is 2.21. The van der Waals surface area contributed by atoms with Crippen LogP contribution in [0.2, 0.25) is 0 Å². The van der Waals surface area contributed by atoms with Crippen LogP contribution in [-0.4, -0.2) is 6.04 Å². The monoisotopic (exact) mass is 212 g/mol. The summed E-state index contributed by atoms with van der Waals surface area (Å²) in [6, 6.07) is 8.70. The molecule has 2 rings (SSSR count). The highest BCUT2D eigenvalue weighted by molar-refractivity contribution is 5.59. The van der Waals surface area contributed by atoms with E-state index >= 15 is 0 Å². The highest BCUT2D eigenvalue weighted by atomic mass is 14.9. The summed E-state index contributed by atoms with van der Waals surface area (Å²) in [7, 11) is 0. The van der Waals surface area contributed by atoms with E-state index in [9.17, 15) is 0 Å². The number of nitriles is 1. The third-order valence-corrected chi connectivity index (χ3v) is 2.92. The standard InChI is InChI=1S/C14H16N2/c1-11-7-8-14(12(9-11)10-15)16-13-5-3-2-4-6-13/h2-3,7-9,13,16H,4-6H2,1H3. The predicted molar refractivity (Wildman–Crippen MR) is 66.3 cm³/mol.